The van der Waals surface area contributed by atoms with Gasteiger partial charge in [-0.3, -0.25) is 4.79 Å². The number of carbonyl (C=O) groups is 1. The van der Waals surface area contributed by atoms with Crippen LogP contribution in [0.1, 0.15) is 18.9 Å². The van der Waals surface area contributed by atoms with Gasteiger partial charge in [0.25, 0.3) is 0 Å². The second-order valence-electron chi connectivity index (χ2n) is 7.59. The van der Waals surface area contributed by atoms with Crippen molar-refractivity contribution in [2.24, 2.45) is 0 Å². The second kappa shape index (κ2) is 8.37. The van der Waals surface area contributed by atoms with Crippen molar-refractivity contribution in [2.75, 3.05) is 36.9 Å². The molecule has 2 fully saturated rings. The van der Waals surface area contributed by atoms with Crippen LogP contribution in [0.4, 0.5) is 33.7 Å². The first-order chi connectivity index (χ1) is 15.2. The van der Waals surface area contributed by atoms with Crippen LogP contribution in [-0.4, -0.2) is 54.8 Å². The molecule has 1 saturated carbocycles. The van der Waals surface area contributed by atoms with Crippen molar-refractivity contribution in [2.45, 2.75) is 31.5 Å². The first-order valence-corrected chi connectivity index (χ1v) is 9.82. The van der Waals surface area contributed by atoms with Crippen molar-refractivity contribution >= 4 is 28.4 Å². The zero-order valence-corrected chi connectivity index (χ0v) is 16.6. The van der Waals surface area contributed by atoms with Gasteiger partial charge in [-0.1, -0.05) is 0 Å². The molecule has 174 valence electrons. The van der Waals surface area contributed by atoms with Crippen molar-refractivity contribution in [3.05, 3.63) is 22.2 Å². The third-order valence-corrected chi connectivity index (χ3v) is 5.45. The summed E-state index contributed by atoms with van der Waals surface area (Å²) in [5, 5.41) is 11.3. The highest BCUT2D eigenvalue weighted by atomic mass is 19.3. The number of ether oxygens (including phenoxy) is 2. The van der Waals surface area contributed by atoms with Crippen LogP contribution in [-0.2, 0) is 0 Å². The number of nitrogens with two attached hydrogens (primary N) is 1. The van der Waals surface area contributed by atoms with E-state index in [1.54, 1.807) is 0 Å². The Morgan fingerprint density at radius 1 is 1.38 bits per heavy atom. The van der Waals surface area contributed by atoms with Crippen LogP contribution in [0.25, 0.3) is 10.9 Å². The van der Waals surface area contributed by atoms with Crippen molar-refractivity contribution in [3.63, 3.8) is 0 Å². The topological polar surface area (TPSA) is 119 Å². The first-order valence-electron chi connectivity index (χ1n) is 9.82. The number of hydrogen-bond acceptors (Lipinski definition) is 7. The Bertz CT molecular complexity index is 1120. The number of fused-ring (bicyclic) bond motifs is 1. The normalized spacial score (nSPS) is 18.9. The summed E-state index contributed by atoms with van der Waals surface area (Å²) < 4.78 is 66.1. The Kier molecular flexibility index (Phi) is 5.75. The fourth-order valence-corrected chi connectivity index (χ4v) is 3.96. The molecule has 1 atom stereocenters. The lowest BCUT2D eigenvalue weighted by Crippen LogP contribution is -2.52. The van der Waals surface area contributed by atoms with E-state index in [0.717, 1.165) is 6.20 Å². The minimum atomic E-state index is -3.36. The molecule has 32 heavy (non-hydrogen) atoms. The van der Waals surface area contributed by atoms with Gasteiger partial charge in [0, 0.05) is 25.7 Å². The third kappa shape index (κ3) is 3.87. The number of rotatable bonds is 6. The second-order valence-corrected chi connectivity index (χ2v) is 7.59. The highest BCUT2D eigenvalue weighted by Gasteiger charge is 2.35. The van der Waals surface area contributed by atoms with Crippen molar-refractivity contribution < 1.29 is 36.9 Å². The molecule has 0 amide bonds. The quantitative estimate of drug-likeness (QED) is 0.342. The van der Waals surface area contributed by atoms with Gasteiger partial charge in [0.1, 0.15) is 12.4 Å². The monoisotopic (exact) mass is 460 g/mol. The van der Waals surface area contributed by atoms with Crippen molar-refractivity contribution in [1.29, 1.82) is 0 Å². The lowest BCUT2D eigenvalue weighted by molar-refractivity contribution is -0.0488. The number of piperazine rings is 1. The van der Waals surface area contributed by atoms with Crippen LogP contribution in [0.3, 0.4) is 0 Å². The minimum absolute atomic E-state index is 0.0498. The molecule has 0 radical (unpaired) electrons. The molecule has 0 spiro atoms. The largest absolute Gasteiger partial charge is 0.511 e. The van der Waals surface area contributed by atoms with E-state index in [0.29, 0.717) is 12.8 Å². The van der Waals surface area contributed by atoms with E-state index in [4.69, 9.17) is 15.6 Å². The van der Waals surface area contributed by atoms with E-state index in [2.05, 4.69) is 10.1 Å². The number of carboxylic acid groups (broad SMARTS) is 1. The number of nitrogen functional groups attached to an aromatic ring is 1. The summed E-state index contributed by atoms with van der Waals surface area (Å²) in [6, 6.07) is -0.954. The van der Waals surface area contributed by atoms with Crippen LogP contribution in [0.5, 0.6) is 11.5 Å². The molecule has 0 bridgehead atoms. The third-order valence-electron chi connectivity index (χ3n) is 5.45. The summed E-state index contributed by atoms with van der Waals surface area (Å²) in [6.07, 6.45) is 0.491. The van der Waals surface area contributed by atoms with Gasteiger partial charge < -0.3 is 35.1 Å². The summed E-state index contributed by atoms with van der Waals surface area (Å²) in [7, 11) is 0. The standard InChI is InChI=1S/C19H20F4N4O5/c20-5-8-6-26(4-3-25-8)15-12(21)13(24)11-14(17(15)32-18(22)23)27(9-1-2-9)7-10(16(11)28)31-19(29)30/h7-9,18,25H,1-6,24H2,(H,29,30). The fourth-order valence-electron chi connectivity index (χ4n) is 3.96. The zero-order chi connectivity index (χ0) is 23.2. The van der Waals surface area contributed by atoms with E-state index in [9.17, 15) is 22.8 Å². The number of anilines is 2. The highest BCUT2D eigenvalue weighted by Crippen LogP contribution is 2.47. The Labute approximate surface area is 178 Å². The number of nitrogens with zero attached hydrogens (tertiary/aromatic N) is 2. The summed E-state index contributed by atoms with van der Waals surface area (Å²) in [5.74, 6) is -2.45. The molecule has 2 aromatic rings. The average molecular weight is 460 g/mol. The number of halogens is 4. The molecule has 2 aliphatic rings. The molecule has 13 heteroatoms. The molecular formula is C19H20F4N4O5. The smallest absolute Gasteiger partial charge is 0.449 e. The summed E-state index contributed by atoms with van der Waals surface area (Å²) in [4.78, 5) is 25.2. The van der Waals surface area contributed by atoms with Gasteiger partial charge in [0.15, 0.2) is 17.3 Å². The molecule has 1 unspecified atom stereocenters. The first kappa shape index (κ1) is 22.0. The maximum atomic E-state index is 15.5. The van der Waals surface area contributed by atoms with E-state index in [1.165, 1.54) is 9.47 Å². The molecule has 9 nitrogen and oxygen atoms in total. The summed E-state index contributed by atoms with van der Waals surface area (Å²) >= 11 is 0. The van der Waals surface area contributed by atoms with Crippen molar-refractivity contribution in [1.82, 2.24) is 9.88 Å². The summed E-state index contributed by atoms with van der Waals surface area (Å²) in [5.41, 5.74) is 3.59. The minimum Gasteiger partial charge on any atom is -0.449 e. The van der Waals surface area contributed by atoms with Crippen LogP contribution < -0.4 is 30.9 Å². The Hall–Kier alpha value is -3.22. The van der Waals surface area contributed by atoms with Crippen molar-refractivity contribution in [3.8, 4) is 11.5 Å². The molecular weight excluding hydrogens is 440 g/mol. The number of aromatic nitrogens is 1. The van der Waals surface area contributed by atoms with Gasteiger partial charge in [-0.25, -0.2) is 13.6 Å². The van der Waals surface area contributed by atoms with Gasteiger partial charge in [0.05, 0.1) is 28.8 Å². The highest BCUT2D eigenvalue weighted by molar-refractivity contribution is 6.01. The van der Waals surface area contributed by atoms with Gasteiger partial charge in [-0.15, -0.1) is 0 Å². The van der Waals surface area contributed by atoms with Gasteiger partial charge >= 0.3 is 12.8 Å². The van der Waals surface area contributed by atoms with Crippen LogP contribution in [0.2, 0.25) is 0 Å². The molecule has 2 heterocycles. The lowest BCUT2D eigenvalue weighted by Gasteiger charge is -2.35. The average Bonchev–Trinajstić information content (AvgIpc) is 3.58. The predicted molar refractivity (Wildman–Crippen MR) is 106 cm³/mol. The Balaban J connectivity index is 2.05. The molecule has 4 N–H and O–H groups in total. The molecule has 1 aromatic heterocycles. The molecule has 1 aliphatic heterocycles. The molecule has 4 rings (SSSR count). The number of alkyl halides is 3. The SMILES string of the molecule is Nc1c(F)c(N2CCNC(CF)C2)c(OC(F)F)c2c1c(=O)c(OC(=O)O)cn2C1CC1. The molecule has 1 aromatic carbocycles. The van der Waals surface area contributed by atoms with Crippen LogP contribution >= 0.6 is 0 Å². The Morgan fingerprint density at radius 3 is 2.69 bits per heavy atom. The number of hydrogen-bond donors (Lipinski definition) is 3. The predicted octanol–water partition coefficient (Wildman–Crippen LogP) is 2.46. The van der Waals surface area contributed by atoms with Gasteiger partial charge in [-0.2, -0.15) is 8.78 Å². The van der Waals surface area contributed by atoms with Crippen LogP contribution in [0, 0.1) is 5.82 Å². The Morgan fingerprint density at radius 2 is 2.09 bits per heavy atom. The van der Waals surface area contributed by atoms with E-state index >= 15 is 4.39 Å². The lowest BCUT2D eigenvalue weighted by atomic mass is 10.1. The number of pyridine rings is 1. The fraction of sp³-hybridized carbons (Fsp3) is 0.474. The maximum absolute atomic E-state index is 15.5. The number of benzene rings is 1. The van der Waals surface area contributed by atoms with E-state index < -0.39 is 65.0 Å². The zero-order valence-electron chi connectivity index (χ0n) is 16.6. The van der Waals surface area contributed by atoms with Gasteiger partial charge in [0.2, 0.25) is 5.43 Å². The van der Waals surface area contributed by atoms with E-state index in [-0.39, 0.29) is 31.2 Å². The van der Waals surface area contributed by atoms with Crippen LogP contribution in [0.15, 0.2) is 11.0 Å². The van der Waals surface area contributed by atoms with Gasteiger partial charge in [-0.05, 0) is 12.8 Å². The maximum Gasteiger partial charge on any atom is 0.511 e. The summed E-state index contributed by atoms with van der Waals surface area (Å²) in [6.45, 7) is -3.79. The number of nitrogens with one attached hydrogen (secondary N) is 1. The van der Waals surface area contributed by atoms with E-state index in [1.807, 2.05) is 0 Å². The molecule has 1 saturated heterocycles. The molecule has 1 aliphatic carbocycles.